The largest absolute Gasteiger partial charge is 0.514 e. The van der Waals surface area contributed by atoms with E-state index in [1.54, 1.807) is 0 Å². The van der Waals surface area contributed by atoms with Crippen LogP contribution in [-0.2, 0) is 3.79 Å². The van der Waals surface area contributed by atoms with Crippen LogP contribution in [0, 0.1) is 0 Å². The monoisotopic (exact) mass is 127 g/mol. The minimum Gasteiger partial charge on any atom is -0.514 e. The van der Waals surface area contributed by atoms with Crippen LogP contribution in [0.25, 0.3) is 0 Å². The van der Waals surface area contributed by atoms with Crippen molar-refractivity contribution in [1.29, 1.82) is 0 Å². The van der Waals surface area contributed by atoms with Crippen molar-refractivity contribution < 1.29 is 3.79 Å². The van der Waals surface area contributed by atoms with Gasteiger partial charge in [0.15, 0.2) is 0 Å². The second-order valence-electron chi connectivity index (χ2n) is 1.35. The van der Waals surface area contributed by atoms with Crippen molar-refractivity contribution in [3.05, 3.63) is 0 Å². The van der Waals surface area contributed by atoms with E-state index < -0.39 is 0 Å². The molecule has 37 valence electrons. The smallest absolute Gasteiger partial charge is 0.369 e. The summed E-state index contributed by atoms with van der Waals surface area (Å²) in [6.07, 6.45) is 1.48. The molecule has 0 bridgehead atoms. The van der Waals surface area contributed by atoms with Gasteiger partial charge in [0.25, 0.3) is 0 Å². The zero-order valence-corrected chi connectivity index (χ0v) is 7.16. The van der Waals surface area contributed by atoms with Crippen molar-refractivity contribution in [2.75, 3.05) is 0 Å². The van der Waals surface area contributed by atoms with Gasteiger partial charge in [-0.15, -0.1) is 0 Å². The van der Waals surface area contributed by atoms with E-state index in [1.165, 1.54) is 0 Å². The fourth-order valence-electron chi connectivity index (χ4n) is 0.0962. The van der Waals surface area contributed by atoms with E-state index >= 15 is 0 Å². The van der Waals surface area contributed by atoms with Crippen molar-refractivity contribution in [2.45, 2.75) is 26.4 Å². The summed E-state index contributed by atoms with van der Waals surface area (Å²) in [5, 5.41) is 0. The fourth-order valence-corrected chi connectivity index (χ4v) is 0.289. The molecule has 0 spiro atoms. The SMILES string of the molecule is CCC(C)[O][Al].[Al]. The molecule has 7 heavy (non-hydrogen) atoms. The summed E-state index contributed by atoms with van der Waals surface area (Å²) in [6.45, 7) is 4.13. The summed E-state index contributed by atoms with van der Waals surface area (Å²) >= 11 is 2.24. The van der Waals surface area contributed by atoms with Crippen LogP contribution in [0.2, 0.25) is 0 Å². The molecule has 0 rings (SSSR count). The summed E-state index contributed by atoms with van der Waals surface area (Å²) in [5.74, 6) is 0. The molecule has 0 aliphatic heterocycles. The number of rotatable bonds is 2. The van der Waals surface area contributed by atoms with Gasteiger partial charge in [0.1, 0.15) is 0 Å². The highest BCUT2D eigenvalue weighted by atomic mass is 27.1. The molecular weight excluding hydrogens is 118 g/mol. The van der Waals surface area contributed by atoms with E-state index in [1.807, 2.05) is 6.92 Å². The molecule has 0 aromatic rings. The maximum atomic E-state index is 4.82. The Morgan fingerprint density at radius 3 is 2.14 bits per heavy atom. The molecule has 0 N–H and O–H groups in total. The van der Waals surface area contributed by atoms with Gasteiger partial charge < -0.3 is 3.79 Å². The average molecular weight is 127 g/mol. The van der Waals surface area contributed by atoms with E-state index in [0.717, 1.165) is 6.42 Å². The summed E-state index contributed by atoms with van der Waals surface area (Å²) in [4.78, 5) is 0. The van der Waals surface area contributed by atoms with Crippen LogP contribution in [-0.4, -0.2) is 40.1 Å². The summed E-state index contributed by atoms with van der Waals surface area (Å²) in [6, 6.07) is 0. The molecule has 0 saturated heterocycles. The van der Waals surface area contributed by atoms with Crippen LogP contribution >= 0.6 is 0 Å². The van der Waals surface area contributed by atoms with Crippen LogP contribution in [0.3, 0.4) is 0 Å². The van der Waals surface area contributed by atoms with E-state index in [-0.39, 0.29) is 17.4 Å². The Hall–Kier alpha value is 1.02. The minimum atomic E-state index is 0. The van der Waals surface area contributed by atoms with Gasteiger partial charge in [0.2, 0.25) is 0 Å². The van der Waals surface area contributed by atoms with Crippen molar-refractivity contribution >= 4 is 34.0 Å². The van der Waals surface area contributed by atoms with Crippen molar-refractivity contribution in [1.82, 2.24) is 0 Å². The molecule has 0 aromatic carbocycles. The first kappa shape index (κ1) is 10.9. The van der Waals surface area contributed by atoms with Gasteiger partial charge in [0.05, 0.1) is 0 Å². The Morgan fingerprint density at radius 1 is 1.71 bits per heavy atom. The van der Waals surface area contributed by atoms with E-state index in [4.69, 9.17) is 3.79 Å². The van der Waals surface area contributed by atoms with E-state index in [0.29, 0.717) is 6.10 Å². The molecule has 0 saturated carbocycles. The molecule has 1 nitrogen and oxygen atoms in total. The first-order valence-electron chi connectivity index (χ1n) is 2.16. The number of hydrogen-bond acceptors (Lipinski definition) is 1. The van der Waals surface area contributed by atoms with Crippen molar-refractivity contribution in [3.8, 4) is 0 Å². The molecule has 0 aliphatic carbocycles. The molecule has 3 heteroatoms. The standard InChI is InChI=1S/C4H9O.2Al/c1-3-4(2)5;;/h4H,3H2,1-2H3;;/q-1;;+1. The fraction of sp³-hybridized carbons (Fsp3) is 1.00. The third-order valence-corrected chi connectivity index (χ3v) is 1.27. The van der Waals surface area contributed by atoms with Crippen LogP contribution < -0.4 is 0 Å². The Kier molecular flexibility index (Phi) is 10.9. The summed E-state index contributed by atoms with van der Waals surface area (Å²) in [7, 11) is 0. The molecule has 0 fully saturated rings. The van der Waals surface area contributed by atoms with Gasteiger partial charge in [-0.3, -0.25) is 0 Å². The molecule has 1 atom stereocenters. The Balaban J connectivity index is 0. The zero-order valence-electron chi connectivity index (χ0n) is 4.85. The van der Waals surface area contributed by atoms with E-state index in [2.05, 4.69) is 23.5 Å². The maximum Gasteiger partial charge on any atom is 0.369 e. The van der Waals surface area contributed by atoms with Crippen LogP contribution in [0.5, 0.6) is 0 Å². The lowest BCUT2D eigenvalue weighted by molar-refractivity contribution is 0.239. The first-order chi connectivity index (χ1) is 2.81. The molecule has 1 unspecified atom stereocenters. The average Bonchev–Trinajstić information content (AvgIpc) is 1.65. The van der Waals surface area contributed by atoms with Gasteiger partial charge >= 0.3 is 16.6 Å². The third kappa shape index (κ3) is 7.02. The highest BCUT2D eigenvalue weighted by Gasteiger charge is 1.86. The summed E-state index contributed by atoms with van der Waals surface area (Å²) < 4.78 is 4.82. The second kappa shape index (κ2) is 7.02. The lowest BCUT2D eigenvalue weighted by atomic mass is 10.3. The Labute approximate surface area is 64.3 Å². The van der Waals surface area contributed by atoms with Crippen molar-refractivity contribution in [3.63, 3.8) is 0 Å². The lowest BCUT2D eigenvalue weighted by Gasteiger charge is -2.04. The second-order valence-corrected chi connectivity index (χ2v) is 1.63. The Morgan fingerprint density at radius 2 is 2.14 bits per heavy atom. The van der Waals surface area contributed by atoms with E-state index in [9.17, 15) is 0 Å². The topological polar surface area (TPSA) is 9.23 Å². The first-order valence-corrected chi connectivity index (χ1v) is 2.64. The number of hydrogen-bond donors (Lipinski definition) is 0. The van der Waals surface area contributed by atoms with Gasteiger partial charge in [0, 0.05) is 23.5 Å². The molecule has 0 aromatic heterocycles. The molecule has 0 heterocycles. The normalized spacial score (nSPS) is 12.3. The predicted octanol–water partition coefficient (Wildman–Crippen LogP) is 0.504. The highest BCUT2D eigenvalue weighted by molar-refractivity contribution is 5.98. The van der Waals surface area contributed by atoms with Crippen molar-refractivity contribution in [2.24, 2.45) is 0 Å². The van der Waals surface area contributed by atoms with Gasteiger partial charge in [-0.1, -0.05) is 6.92 Å². The molecule has 0 aliphatic rings. The third-order valence-electron chi connectivity index (χ3n) is 0.807. The van der Waals surface area contributed by atoms with Gasteiger partial charge in [-0.25, -0.2) is 0 Å². The van der Waals surface area contributed by atoms with Crippen LogP contribution in [0.4, 0.5) is 0 Å². The quantitative estimate of drug-likeness (QED) is 0.491. The van der Waals surface area contributed by atoms with Gasteiger partial charge in [-0.2, -0.15) is 0 Å². The van der Waals surface area contributed by atoms with Gasteiger partial charge in [-0.05, 0) is 13.3 Å². The predicted molar refractivity (Wildman–Crippen MR) is 32.3 cm³/mol. The van der Waals surface area contributed by atoms with Crippen LogP contribution in [0.1, 0.15) is 20.3 Å². The molecule has 0 amide bonds. The minimum absolute atomic E-state index is 0. The summed E-state index contributed by atoms with van der Waals surface area (Å²) in [5.41, 5.74) is 0. The van der Waals surface area contributed by atoms with Crippen LogP contribution in [0.15, 0.2) is 0 Å². The Bertz CT molecular complexity index is 28.9. The molecule has 5 radical (unpaired) electrons. The lowest BCUT2D eigenvalue weighted by Crippen LogP contribution is -2.01. The maximum absolute atomic E-state index is 4.82. The highest BCUT2D eigenvalue weighted by Crippen LogP contribution is 1.89. The zero-order chi connectivity index (χ0) is 4.99. The molecular formula is C4H9Al2O.